The third-order valence-corrected chi connectivity index (χ3v) is 10.0. The molecule has 208 valence electrons. The van der Waals surface area contributed by atoms with E-state index in [4.69, 9.17) is 0 Å². The summed E-state index contributed by atoms with van der Waals surface area (Å²) < 4.78 is 48.9. The number of carbonyl (C=O) groups is 1. The van der Waals surface area contributed by atoms with E-state index in [0.717, 1.165) is 55.7 Å². The summed E-state index contributed by atoms with van der Waals surface area (Å²) >= 11 is 0. The van der Waals surface area contributed by atoms with Gasteiger partial charge in [0, 0.05) is 62.8 Å². The molecule has 39 heavy (non-hydrogen) atoms. The van der Waals surface area contributed by atoms with E-state index >= 15 is 0 Å². The number of nitrogens with zero attached hydrogens (tertiary/aromatic N) is 1. The molecule has 0 bridgehead atoms. The van der Waals surface area contributed by atoms with Gasteiger partial charge in [-0.2, -0.15) is 0 Å². The van der Waals surface area contributed by atoms with Crippen LogP contribution in [0.3, 0.4) is 0 Å². The number of hydrogen-bond acceptors (Lipinski definition) is 5. The number of likely N-dealkylation sites (tertiary alicyclic amines) is 1. The normalized spacial score (nSPS) is 20.7. The van der Waals surface area contributed by atoms with Crippen LogP contribution in [0.15, 0.2) is 88.7 Å². The van der Waals surface area contributed by atoms with E-state index < -0.39 is 19.7 Å². The molecule has 7 nitrogen and oxygen atoms in total. The molecule has 1 aliphatic rings. The number of carbonyl (C=O) groups excluding carboxylic acids is 1. The topological polar surface area (TPSA) is 97.4 Å². The quantitative estimate of drug-likeness (QED) is 0.387. The van der Waals surface area contributed by atoms with E-state index in [-0.39, 0.29) is 17.9 Å². The molecule has 1 atom stereocenters. The minimum absolute atomic E-state index is 0.0285. The molecule has 1 saturated heterocycles. The molecule has 0 radical (unpaired) electrons. The minimum atomic E-state index is -3.30. The standard InChI is InChI=1S/C30H36N2O5S2/c1-23(33)31-26-17-20-32(21-18-26,27-11-15-29(16-12-27)39(3,36)37)22-19-30(24-7-5-4-6-8-24)25-9-13-28(14-10-25)38(2,34)35/h4-16,26,30H,17-22H2,1-3H3/p+1/t26?,30-,32?/m0/s1. The van der Waals surface area contributed by atoms with E-state index in [1.165, 1.54) is 12.5 Å². The predicted molar refractivity (Wildman–Crippen MR) is 155 cm³/mol. The average molecular weight is 570 g/mol. The van der Waals surface area contributed by atoms with E-state index in [0.29, 0.717) is 14.3 Å². The van der Waals surface area contributed by atoms with Crippen molar-refractivity contribution in [2.45, 2.75) is 47.9 Å². The van der Waals surface area contributed by atoms with Crippen molar-refractivity contribution >= 4 is 31.3 Å². The molecule has 1 heterocycles. The molecular formula is C30H37N2O5S2+. The molecule has 3 aromatic carbocycles. The zero-order valence-electron chi connectivity index (χ0n) is 22.7. The van der Waals surface area contributed by atoms with Gasteiger partial charge in [0.15, 0.2) is 19.7 Å². The van der Waals surface area contributed by atoms with Gasteiger partial charge in [-0.3, -0.25) is 9.28 Å². The summed E-state index contributed by atoms with van der Waals surface area (Å²) in [7, 11) is -6.59. The number of amides is 1. The highest BCUT2D eigenvalue weighted by molar-refractivity contribution is 7.91. The molecule has 0 unspecified atom stereocenters. The third-order valence-electron chi connectivity index (χ3n) is 7.79. The Morgan fingerprint density at radius 2 is 1.28 bits per heavy atom. The first-order chi connectivity index (χ1) is 18.4. The first-order valence-electron chi connectivity index (χ1n) is 13.2. The van der Waals surface area contributed by atoms with Gasteiger partial charge < -0.3 is 5.32 Å². The number of rotatable bonds is 9. The van der Waals surface area contributed by atoms with Gasteiger partial charge in [-0.25, -0.2) is 16.8 Å². The number of sulfone groups is 2. The lowest BCUT2D eigenvalue weighted by molar-refractivity contribution is -0.119. The number of benzene rings is 3. The molecule has 1 aliphatic heterocycles. The van der Waals surface area contributed by atoms with Gasteiger partial charge in [-0.05, 0) is 35.4 Å². The lowest BCUT2D eigenvalue weighted by Gasteiger charge is -2.44. The largest absolute Gasteiger partial charge is 0.353 e. The van der Waals surface area contributed by atoms with E-state index in [2.05, 4.69) is 17.4 Å². The lowest BCUT2D eigenvalue weighted by atomic mass is 9.87. The highest BCUT2D eigenvalue weighted by atomic mass is 32.2. The summed E-state index contributed by atoms with van der Waals surface area (Å²) in [6.07, 6.45) is 4.88. The van der Waals surface area contributed by atoms with Crippen molar-refractivity contribution in [2.75, 3.05) is 32.1 Å². The molecule has 0 spiro atoms. The van der Waals surface area contributed by atoms with E-state index in [1.54, 1.807) is 31.2 Å². The Bertz CT molecular complexity index is 1490. The molecule has 0 aromatic heterocycles. The Hall–Kier alpha value is -3.01. The Morgan fingerprint density at radius 3 is 1.77 bits per heavy atom. The summed E-state index contributed by atoms with van der Waals surface area (Å²) in [5.41, 5.74) is 3.26. The van der Waals surface area contributed by atoms with Crippen molar-refractivity contribution in [3.8, 4) is 0 Å². The van der Waals surface area contributed by atoms with Gasteiger partial charge in [0.1, 0.15) is 5.69 Å². The van der Waals surface area contributed by atoms with Gasteiger partial charge in [0.2, 0.25) is 5.91 Å². The Labute approximate surface area is 232 Å². The zero-order valence-corrected chi connectivity index (χ0v) is 24.3. The molecule has 4 rings (SSSR count). The fraction of sp³-hybridized carbons (Fsp3) is 0.367. The van der Waals surface area contributed by atoms with Crippen LogP contribution in [0.4, 0.5) is 5.69 Å². The smallest absolute Gasteiger partial charge is 0.217 e. The van der Waals surface area contributed by atoms with Crippen LogP contribution >= 0.6 is 0 Å². The molecule has 9 heteroatoms. The molecule has 1 fully saturated rings. The second kappa shape index (κ2) is 11.6. The van der Waals surface area contributed by atoms with Gasteiger partial charge in [0.25, 0.3) is 0 Å². The van der Waals surface area contributed by atoms with Crippen molar-refractivity contribution in [1.29, 1.82) is 0 Å². The second-order valence-corrected chi connectivity index (χ2v) is 14.7. The zero-order chi connectivity index (χ0) is 28.3. The number of quaternary nitrogens is 1. The number of nitrogens with one attached hydrogen (secondary N) is 1. The van der Waals surface area contributed by atoms with Crippen molar-refractivity contribution in [1.82, 2.24) is 9.80 Å². The Balaban J connectivity index is 1.67. The summed E-state index contributed by atoms with van der Waals surface area (Å²) in [5, 5.41) is 3.06. The van der Waals surface area contributed by atoms with Crippen molar-refractivity contribution in [3.05, 3.63) is 90.0 Å². The second-order valence-electron chi connectivity index (χ2n) is 10.6. The van der Waals surface area contributed by atoms with Crippen LogP contribution in [0.1, 0.15) is 43.2 Å². The average Bonchev–Trinajstić information content (AvgIpc) is 2.89. The van der Waals surface area contributed by atoms with Crippen LogP contribution in [0.5, 0.6) is 0 Å². The van der Waals surface area contributed by atoms with Crippen LogP contribution in [-0.2, 0) is 24.5 Å². The molecular weight excluding hydrogens is 532 g/mol. The third kappa shape index (κ3) is 7.15. The highest BCUT2D eigenvalue weighted by Gasteiger charge is 2.37. The fourth-order valence-electron chi connectivity index (χ4n) is 5.65. The lowest BCUT2D eigenvalue weighted by Crippen LogP contribution is -2.58. The van der Waals surface area contributed by atoms with Gasteiger partial charge in [0.05, 0.1) is 29.4 Å². The van der Waals surface area contributed by atoms with Crippen LogP contribution in [0.25, 0.3) is 0 Å². The number of hydrogen-bond donors (Lipinski definition) is 1. The Kier molecular flexibility index (Phi) is 8.63. The van der Waals surface area contributed by atoms with Crippen molar-refractivity contribution in [2.24, 2.45) is 0 Å². The van der Waals surface area contributed by atoms with Crippen LogP contribution in [-0.4, -0.2) is 60.9 Å². The predicted octanol–water partition coefficient (Wildman–Crippen LogP) is 4.32. The molecule has 0 saturated carbocycles. The first kappa shape index (κ1) is 29.0. The number of piperidine rings is 1. The molecule has 1 N–H and O–H groups in total. The van der Waals surface area contributed by atoms with Gasteiger partial charge in [-0.1, -0.05) is 42.5 Å². The van der Waals surface area contributed by atoms with Crippen LogP contribution in [0.2, 0.25) is 0 Å². The monoisotopic (exact) mass is 569 g/mol. The summed E-state index contributed by atoms with van der Waals surface area (Å²) in [5.74, 6) is 0.0253. The maximum Gasteiger partial charge on any atom is 0.217 e. The van der Waals surface area contributed by atoms with Crippen LogP contribution < -0.4 is 9.80 Å². The summed E-state index contributed by atoms with van der Waals surface area (Å²) in [4.78, 5) is 12.3. The van der Waals surface area contributed by atoms with Gasteiger partial charge in [-0.15, -0.1) is 0 Å². The summed E-state index contributed by atoms with van der Waals surface area (Å²) in [6.45, 7) is 3.98. The first-order valence-corrected chi connectivity index (χ1v) is 16.9. The van der Waals surface area contributed by atoms with E-state index in [9.17, 15) is 21.6 Å². The highest BCUT2D eigenvalue weighted by Crippen LogP contribution is 2.35. The Morgan fingerprint density at radius 1 is 0.795 bits per heavy atom. The van der Waals surface area contributed by atoms with E-state index in [1.807, 2.05) is 42.5 Å². The summed E-state index contributed by atoms with van der Waals surface area (Å²) in [6, 6.07) is 24.7. The SMILES string of the molecule is CC(=O)NC1CC[N+](CC[C@@H](c2ccccc2)c2ccc(S(C)(=O)=O)cc2)(c2ccc(S(C)(=O)=O)cc2)CC1. The maximum atomic E-state index is 12.1. The minimum Gasteiger partial charge on any atom is -0.353 e. The molecule has 3 aromatic rings. The maximum absolute atomic E-state index is 12.1. The van der Waals surface area contributed by atoms with Crippen molar-refractivity contribution < 1.29 is 21.6 Å². The molecule has 0 aliphatic carbocycles. The molecule has 1 amide bonds. The fourth-order valence-corrected chi connectivity index (χ4v) is 6.91. The van der Waals surface area contributed by atoms with Crippen LogP contribution in [0, 0.1) is 0 Å². The van der Waals surface area contributed by atoms with Crippen molar-refractivity contribution in [3.63, 3.8) is 0 Å². The van der Waals surface area contributed by atoms with Gasteiger partial charge >= 0.3 is 0 Å².